The summed E-state index contributed by atoms with van der Waals surface area (Å²) in [6, 6.07) is 0. The summed E-state index contributed by atoms with van der Waals surface area (Å²) >= 11 is 0. The number of halogens is 1. The topological polar surface area (TPSA) is 107 Å². The highest BCUT2D eigenvalue weighted by molar-refractivity contribution is 6.01. The summed E-state index contributed by atoms with van der Waals surface area (Å²) in [7, 11) is 0. The Labute approximate surface area is 211 Å². The van der Waals surface area contributed by atoms with Crippen molar-refractivity contribution < 1.29 is 38.1 Å². The van der Waals surface area contributed by atoms with Crippen molar-refractivity contribution in [2.45, 2.75) is 84.6 Å². The van der Waals surface area contributed by atoms with E-state index >= 15 is 4.39 Å². The molecule has 8 atom stereocenters. The van der Waals surface area contributed by atoms with Crippen molar-refractivity contribution in [3.8, 4) is 0 Å². The van der Waals surface area contributed by atoms with Gasteiger partial charge in [-0.15, -0.1) is 0 Å². The van der Waals surface area contributed by atoms with Crippen LogP contribution in [-0.2, 0) is 28.7 Å². The fourth-order valence-corrected chi connectivity index (χ4v) is 7.95. The second kappa shape index (κ2) is 8.61. The van der Waals surface area contributed by atoms with Gasteiger partial charge >= 0.3 is 11.9 Å². The molecule has 0 aromatic carbocycles. The fraction of sp³-hybridized carbons (Fsp3) is 0.714. The van der Waals surface area contributed by atoms with Gasteiger partial charge < -0.3 is 14.6 Å². The van der Waals surface area contributed by atoms with E-state index in [-0.39, 0.29) is 18.1 Å². The van der Waals surface area contributed by atoms with Crippen LogP contribution >= 0.6 is 0 Å². The number of ketones is 2. The number of carbonyl (C=O) groups excluding carboxylic acids is 4. The number of aliphatic hydroxyl groups excluding tert-OH is 1. The molecule has 0 aromatic heterocycles. The van der Waals surface area contributed by atoms with E-state index in [1.807, 2.05) is 6.92 Å². The molecular formula is C28H37FO7. The number of fused-ring (bicyclic) bond motifs is 5. The van der Waals surface area contributed by atoms with E-state index in [1.165, 1.54) is 19.1 Å². The van der Waals surface area contributed by atoms with Crippen LogP contribution in [0.5, 0.6) is 0 Å². The number of aliphatic hydroxyl groups is 1. The van der Waals surface area contributed by atoms with Gasteiger partial charge in [0.1, 0.15) is 0 Å². The summed E-state index contributed by atoms with van der Waals surface area (Å²) in [5.41, 5.74) is -5.30. The Balaban J connectivity index is 1.83. The highest BCUT2D eigenvalue weighted by Gasteiger charge is 2.77. The minimum Gasteiger partial charge on any atom is -0.458 e. The maximum atomic E-state index is 17.4. The van der Waals surface area contributed by atoms with Crippen LogP contribution in [0.4, 0.5) is 4.39 Å². The summed E-state index contributed by atoms with van der Waals surface area (Å²) < 4.78 is 28.5. The van der Waals surface area contributed by atoms with Gasteiger partial charge in [-0.3, -0.25) is 19.2 Å². The molecule has 0 saturated heterocycles. The second-order valence-electron chi connectivity index (χ2n) is 11.9. The van der Waals surface area contributed by atoms with Gasteiger partial charge in [-0.1, -0.05) is 39.3 Å². The lowest BCUT2D eigenvalue weighted by Gasteiger charge is -2.62. The maximum Gasteiger partial charge on any atom is 0.309 e. The highest BCUT2D eigenvalue weighted by atomic mass is 19.1. The van der Waals surface area contributed by atoms with Crippen molar-refractivity contribution in [2.75, 3.05) is 6.61 Å². The zero-order chi connectivity index (χ0) is 26.8. The number of allylic oxidation sites excluding steroid dienone is 4. The molecule has 1 unspecified atom stereocenters. The Bertz CT molecular complexity index is 1060. The fourth-order valence-electron chi connectivity index (χ4n) is 7.95. The van der Waals surface area contributed by atoms with Crippen LogP contribution in [0.1, 0.15) is 67.2 Å². The molecule has 198 valence electrons. The first-order valence-electron chi connectivity index (χ1n) is 12.9. The van der Waals surface area contributed by atoms with Crippen LogP contribution in [0.25, 0.3) is 0 Å². The van der Waals surface area contributed by atoms with Crippen molar-refractivity contribution in [1.82, 2.24) is 0 Å². The minimum atomic E-state index is -2.06. The van der Waals surface area contributed by atoms with Crippen molar-refractivity contribution >= 4 is 23.5 Å². The monoisotopic (exact) mass is 504 g/mol. The molecule has 8 heteroatoms. The second-order valence-corrected chi connectivity index (χ2v) is 11.9. The number of Topliss-reactive ketones (excluding diaryl/α,β-unsaturated/α-hetero) is 1. The Kier molecular flexibility index (Phi) is 6.38. The van der Waals surface area contributed by atoms with E-state index in [2.05, 4.69) is 0 Å². The molecular weight excluding hydrogens is 467 g/mol. The molecule has 0 bridgehead atoms. The van der Waals surface area contributed by atoms with Gasteiger partial charge in [0.05, 0.1) is 12.0 Å². The summed E-state index contributed by atoms with van der Waals surface area (Å²) in [4.78, 5) is 50.3. The smallest absolute Gasteiger partial charge is 0.309 e. The van der Waals surface area contributed by atoms with Gasteiger partial charge in [0.25, 0.3) is 0 Å². The van der Waals surface area contributed by atoms with Gasteiger partial charge in [0.2, 0.25) is 5.78 Å². The SMILES string of the molecule is CC(=O)OCC(=O)[C@]1(OC(=O)C(C)C)C(C)C[C@H]2[C@@H]3CCC4=CC(=O)C=C[C@]4(C)[C@@]3(F)[C@@H](O)C[C@@]21C. The summed E-state index contributed by atoms with van der Waals surface area (Å²) in [5.74, 6) is -3.95. The first-order valence-corrected chi connectivity index (χ1v) is 12.9. The molecule has 0 spiro atoms. The predicted octanol–water partition coefficient (Wildman–Crippen LogP) is 3.67. The lowest BCUT2D eigenvalue weighted by atomic mass is 9.44. The minimum absolute atomic E-state index is 0.114. The first kappa shape index (κ1) is 26.7. The molecule has 0 heterocycles. The largest absolute Gasteiger partial charge is 0.458 e. The lowest BCUT2D eigenvalue weighted by molar-refractivity contribution is -0.229. The number of carbonyl (C=O) groups is 4. The molecule has 3 fully saturated rings. The summed E-state index contributed by atoms with van der Waals surface area (Å²) in [6.07, 6.45) is 4.14. The van der Waals surface area contributed by atoms with E-state index in [1.54, 1.807) is 33.8 Å². The van der Waals surface area contributed by atoms with Gasteiger partial charge in [-0.05, 0) is 50.7 Å². The van der Waals surface area contributed by atoms with Crippen LogP contribution in [0.3, 0.4) is 0 Å². The molecule has 4 aliphatic carbocycles. The van der Waals surface area contributed by atoms with Gasteiger partial charge in [0.15, 0.2) is 23.7 Å². The Morgan fingerprint density at radius 2 is 1.89 bits per heavy atom. The molecule has 0 aromatic rings. The predicted molar refractivity (Wildman–Crippen MR) is 128 cm³/mol. The van der Waals surface area contributed by atoms with Crippen molar-refractivity contribution in [2.24, 2.45) is 34.5 Å². The average molecular weight is 505 g/mol. The van der Waals surface area contributed by atoms with Crippen LogP contribution in [0, 0.1) is 34.5 Å². The summed E-state index contributed by atoms with van der Waals surface area (Å²) in [5, 5.41) is 11.5. The lowest BCUT2D eigenvalue weighted by Crippen LogP contribution is -2.70. The molecule has 36 heavy (non-hydrogen) atoms. The normalized spacial score (nSPS) is 43.2. The Morgan fingerprint density at radius 3 is 2.50 bits per heavy atom. The molecule has 3 saturated carbocycles. The molecule has 7 nitrogen and oxygen atoms in total. The van der Waals surface area contributed by atoms with Gasteiger partial charge in [0, 0.05) is 29.6 Å². The van der Waals surface area contributed by atoms with Crippen molar-refractivity contribution in [3.63, 3.8) is 0 Å². The molecule has 1 N–H and O–H groups in total. The number of hydrogen-bond donors (Lipinski definition) is 1. The van der Waals surface area contributed by atoms with E-state index in [0.29, 0.717) is 24.8 Å². The third-order valence-electron chi connectivity index (χ3n) is 9.73. The zero-order valence-electron chi connectivity index (χ0n) is 21.9. The van der Waals surface area contributed by atoms with Gasteiger partial charge in [-0.25, -0.2) is 4.39 Å². The number of alkyl halides is 1. The van der Waals surface area contributed by atoms with Gasteiger partial charge in [-0.2, -0.15) is 0 Å². The highest BCUT2D eigenvalue weighted by Crippen LogP contribution is 2.71. The summed E-state index contributed by atoms with van der Waals surface area (Å²) in [6.45, 7) is 9.31. The van der Waals surface area contributed by atoms with E-state index in [9.17, 15) is 24.3 Å². The van der Waals surface area contributed by atoms with Crippen LogP contribution in [0.15, 0.2) is 23.8 Å². The first-order chi connectivity index (χ1) is 16.6. The molecule has 0 radical (unpaired) electrons. The average Bonchev–Trinajstić information content (AvgIpc) is 3.00. The molecule has 0 aliphatic heterocycles. The third-order valence-corrected chi connectivity index (χ3v) is 9.73. The van der Waals surface area contributed by atoms with Crippen molar-refractivity contribution in [1.29, 1.82) is 0 Å². The number of ether oxygens (including phenoxy) is 2. The van der Waals surface area contributed by atoms with Crippen LogP contribution < -0.4 is 0 Å². The third kappa shape index (κ3) is 3.39. The van der Waals surface area contributed by atoms with E-state index in [0.717, 1.165) is 0 Å². The van der Waals surface area contributed by atoms with Crippen molar-refractivity contribution in [3.05, 3.63) is 23.8 Å². The molecule has 0 amide bonds. The van der Waals surface area contributed by atoms with Crippen LogP contribution in [-0.4, -0.2) is 52.6 Å². The Hall–Kier alpha value is -2.35. The number of hydrogen-bond acceptors (Lipinski definition) is 7. The zero-order valence-corrected chi connectivity index (χ0v) is 21.9. The maximum absolute atomic E-state index is 17.4. The molecule has 4 rings (SSSR count). The quantitative estimate of drug-likeness (QED) is 0.569. The molecule has 4 aliphatic rings. The number of esters is 2. The Morgan fingerprint density at radius 1 is 1.22 bits per heavy atom. The van der Waals surface area contributed by atoms with E-state index < -0.39 is 70.3 Å². The number of rotatable bonds is 5. The van der Waals surface area contributed by atoms with Crippen LogP contribution in [0.2, 0.25) is 0 Å². The standard InChI is InChI=1S/C28H37FO7/c1-15(2)24(34)36-28(23(33)14-35-17(4)30)16(3)11-21-20-8-7-18-12-19(31)9-10-25(18,5)27(20,29)22(32)13-26(21,28)6/h9-10,12,15-16,20-22,32H,7-8,11,13-14H2,1-6H3/t16?,20-,21-,22-,25-,26-,27-,28+/m0/s1. The van der Waals surface area contributed by atoms with E-state index in [4.69, 9.17) is 9.47 Å².